The van der Waals surface area contributed by atoms with Gasteiger partial charge in [0, 0.05) is 33.5 Å². The van der Waals surface area contributed by atoms with E-state index in [0.717, 1.165) is 45.3 Å². The zero-order valence-corrected chi connectivity index (χ0v) is 35.0. The maximum atomic E-state index is 2.35. The van der Waals surface area contributed by atoms with Gasteiger partial charge in [0.25, 0.3) is 0 Å². The Hall–Kier alpha value is -7.94. The maximum Gasteiger partial charge on any atom is 0.0540 e. The Labute approximate surface area is 364 Å². The summed E-state index contributed by atoms with van der Waals surface area (Å²) >= 11 is 0. The molecule has 0 unspecified atom stereocenters. The molecule has 0 aliphatic heterocycles. The van der Waals surface area contributed by atoms with Crippen molar-refractivity contribution in [2.75, 3.05) is 9.80 Å². The average molecular weight is 795 g/mol. The van der Waals surface area contributed by atoms with Crippen molar-refractivity contribution in [3.05, 3.63) is 252 Å². The molecule has 2 heteroatoms. The highest BCUT2D eigenvalue weighted by atomic mass is 15.1. The Morgan fingerprint density at radius 2 is 0.597 bits per heavy atom. The predicted molar refractivity (Wildman–Crippen MR) is 269 cm³/mol. The Kier molecular flexibility index (Phi) is 10.5. The van der Waals surface area contributed by atoms with E-state index in [-0.39, 0.29) is 0 Å². The summed E-state index contributed by atoms with van der Waals surface area (Å²) in [5.41, 5.74) is 14.0. The molecule has 0 saturated carbocycles. The number of hydrogen-bond donors (Lipinski definition) is 0. The van der Waals surface area contributed by atoms with Crippen LogP contribution in [0.5, 0.6) is 0 Å². The molecule has 0 saturated heterocycles. The van der Waals surface area contributed by atoms with Crippen molar-refractivity contribution < 1.29 is 0 Å². The zero-order chi connectivity index (χ0) is 41.8. The van der Waals surface area contributed by atoms with Gasteiger partial charge in [0.1, 0.15) is 0 Å². The second kappa shape index (κ2) is 17.0. The molecule has 296 valence electrons. The van der Waals surface area contributed by atoms with Crippen LogP contribution in [0.2, 0.25) is 0 Å². The van der Waals surface area contributed by atoms with E-state index in [1.54, 1.807) is 0 Å². The van der Waals surface area contributed by atoms with Crippen LogP contribution in [0.25, 0.3) is 56.6 Å². The summed E-state index contributed by atoms with van der Waals surface area (Å²) in [6.07, 6.45) is 8.80. The van der Waals surface area contributed by atoms with Gasteiger partial charge >= 0.3 is 0 Å². The largest absolute Gasteiger partial charge is 0.310 e. The van der Waals surface area contributed by atoms with E-state index in [2.05, 4.69) is 266 Å². The summed E-state index contributed by atoms with van der Waals surface area (Å²) in [4.78, 5) is 4.71. The molecule has 0 amide bonds. The summed E-state index contributed by atoms with van der Waals surface area (Å²) in [7, 11) is 0. The molecule has 0 atom stereocenters. The smallest absolute Gasteiger partial charge is 0.0540 e. The van der Waals surface area contributed by atoms with Crippen molar-refractivity contribution in [3.8, 4) is 0 Å². The molecule has 0 radical (unpaired) electrons. The van der Waals surface area contributed by atoms with E-state index < -0.39 is 0 Å². The summed E-state index contributed by atoms with van der Waals surface area (Å²) in [6, 6.07) is 78.9. The van der Waals surface area contributed by atoms with E-state index in [1.807, 2.05) is 0 Å². The van der Waals surface area contributed by atoms with Crippen LogP contribution in [0.3, 0.4) is 0 Å². The molecule has 10 aromatic carbocycles. The van der Waals surface area contributed by atoms with Gasteiger partial charge in [-0.2, -0.15) is 0 Å². The van der Waals surface area contributed by atoms with Gasteiger partial charge in [0.15, 0.2) is 0 Å². The number of rotatable bonds is 10. The molecule has 0 aromatic heterocycles. The Balaban J connectivity index is 0.855. The number of fused-ring (bicyclic) bond motifs is 3. The standard InChI is InChI=1S/C60H46N2/c1-43-17-33-53(34-18-43)61(59-15-7-11-49-9-3-5-13-57(49)59)55-37-27-45(28-38-55)21-23-47-25-31-52-42-48(26-32-51(52)41-47)24-22-46-29-39-56(40-30-46)62(54-35-19-44(2)20-36-54)60-16-8-12-50-10-4-6-14-58(50)60/h3-42H,1-2H3. The minimum absolute atomic E-state index is 1.12. The van der Waals surface area contributed by atoms with Crippen molar-refractivity contribution in [2.45, 2.75) is 13.8 Å². The molecule has 10 aromatic rings. The molecule has 0 bridgehead atoms. The fourth-order valence-electron chi connectivity index (χ4n) is 8.39. The van der Waals surface area contributed by atoms with Crippen molar-refractivity contribution in [2.24, 2.45) is 0 Å². The number of aryl methyl sites for hydroxylation is 2. The highest BCUT2D eigenvalue weighted by Crippen LogP contribution is 2.40. The molecule has 0 heterocycles. The topological polar surface area (TPSA) is 6.48 Å². The SMILES string of the molecule is Cc1ccc(N(c2ccc(C=Cc3ccc4cc(C=Cc5ccc(N(c6ccc(C)cc6)c6cccc7ccccc67)cc5)ccc4c3)cc2)c2cccc3ccccc23)cc1. The summed E-state index contributed by atoms with van der Waals surface area (Å²) in [5, 5.41) is 7.35. The maximum absolute atomic E-state index is 2.35. The van der Waals surface area contributed by atoms with Crippen molar-refractivity contribution in [1.82, 2.24) is 0 Å². The first-order chi connectivity index (χ1) is 30.5. The van der Waals surface area contributed by atoms with Crippen LogP contribution in [0.15, 0.2) is 218 Å². The first-order valence-electron chi connectivity index (χ1n) is 21.3. The van der Waals surface area contributed by atoms with E-state index >= 15 is 0 Å². The molecule has 0 fully saturated rings. The molecule has 0 aliphatic carbocycles. The van der Waals surface area contributed by atoms with Gasteiger partial charge in [-0.15, -0.1) is 0 Å². The van der Waals surface area contributed by atoms with Crippen molar-refractivity contribution >= 4 is 90.7 Å². The molecule has 0 N–H and O–H groups in total. The van der Waals surface area contributed by atoms with Gasteiger partial charge in [0.05, 0.1) is 11.4 Å². The third kappa shape index (κ3) is 8.02. The number of nitrogens with zero attached hydrogens (tertiary/aromatic N) is 2. The van der Waals surface area contributed by atoms with Crippen LogP contribution < -0.4 is 9.80 Å². The molecule has 62 heavy (non-hydrogen) atoms. The lowest BCUT2D eigenvalue weighted by molar-refractivity contribution is 1.29. The first-order valence-corrected chi connectivity index (χ1v) is 21.3. The van der Waals surface area contributed by atoms with Crippen LogP contribution in [-0.2, 0) is 0 Å². The van der Waals surface area contributed by atoms with Crippen molar-refractivity contribution in [1.29, 1.82) is 0 Å². The Morgan fingerprint density at radius 1 is 0.274 bits per heavy atom. The third-order valence-corrected chi connectivity index (χ3v) is 11.7. The zero-order valence-electron chi connectivity index (χ0n) is 35.0. The molecular weight excluding hydrogens is 749 g/mol. The van der Waals surface area contributed by atoms with E-state index in [1.165, 1.54) is 54.6 Å². The second-order valence-electron chi connectivity index (χ2n) is 16.1. The highest BCUT2D eigenvalue weighted by Gasteiger charge is 2.16. The second-order valence-corrected chi connectivity index (χ2v) is 16.1. The predicted octanol–water partition coefficient (Wildman–Crippen LogP) is 17.0. The quantitative estimate of drug-likeness (QED) is 0.127. The van der Waals surface area contributed by atoms with Gasteiger partial charge in [-0.1, -0.05) is 181 Å². The van der Waals surface area contributed by atoms with Crippen LogP contribution in [0, 0.1) is 13.8 Å². The van der Waals surface area contributed by atoms with Gasteiger partial charge in [-0.3, -0.25) is 0 Å². The lowest BCUT2D eigenvalue weighted by atomic mass is 10.0. The first kappa shape index (κ1) is 38.3. The molecule has 0 spiro atoms. The normalized spacial score (nSPS) is 11.6. The monoisotopic (exact) mass is 794 g/mol. The van der Waals surface area contributed by atoms with E-state index in [0.29, 0.717) is 0 Å². The van der Waals surface area contributed by atoms with Gasteiger partial charge in [-0.25, -0.2) is 0 Å². The number of hydrogen-bond acceptors (Lipinski definition) is 2. The Bertz CT molecular complexity index is 3000. The van der Waals surface area contributed by atoms with E-state index in [4.69, 9.17) is 0 Å². The van der Waals surface area contributed by atoms with E-state index in [9.17, 15) is 0 Å². The van der Waals surface area contributed by atoms with Crippen LogP contribution in [0.1, 0.15) is 33.4 Å². The molecule has 2 nitrogen and oxygen atoms in total. The summed E-state index contributed by atoms with van der Waals surface area (Å²) < 4.78 is 0. The summed E-state index contributed by atoms with van der Waals surface area (Å²) in [5.74, 6) is 0. The fraction of sp³-hybridized carbons (Fsp3) is 0.0333. The Morgan fingerprint density at radius 3 is 1.00 bits per heavy atom. The number of benzene rings is 10. The molecule has 10 rings (SSSR count). The minimum Gasteiger partial charge on any atom is -0.310 e. The van der Waals surface area contributed by atoms with Crippen LogP contribution in [0.4, 0.5) is 34.1 Å². The van der Waals surface area contributed by atoms with Gasteiger partial charge in [-0.05, 0) is 130 Å². The third-order valence-electron chi connectivity index (χ3n) is 11.7. The van der Waals surface area contributed by atoms with Gasteiger partial charge < -0.3 is 9.80 Å². The molecular formula is C60H46N2. The van der Waals surface area contributed by atoms with Gasteiger partial charge in [0.2, 0.25) is 0 Å². The average Bonchev–Trinajstić information content (AvgIpc) is 3.32. The highest BCUT2D eigenvalue weighted by molar-refractivity contribution is 6.00. The lowest BCUT2D eigenvalue weighted by Crippen LogP contribution is -2.10. The molecule has 0 aliphatic rings. The number of anilines is 6. The lowest BCUT2D eigenvalue weighted by Gasteiger charge is -2.27. The van der Waals surface area contributed by atoms with Crippen LogP contribution >= 0.6 is 0 Å². The minimum atomic E-state index is 1.12. The fourth-order valence-corrected chi connectivity index (χ4v) is 8.39. The van der Waals surface area contributed by atoms with Crippen molar-refractivity contribution in [3.63, 3.8) is 0 Å². The van der Waals surface area contributed by atoms with Crippen LogP contribution in [-0.4, -0.2) is 0 Å². The summed E-state index contributed by atoms with van der Waals surface area (Å²) in [6.45, 7) is 4.26.